The summed E-state index contributed by atoms with van der Waals surface area (Å²) in [5.41, 5.74) is 1.76. The monoisotopic (exact) mass is 191 g/mol. The van der Waals surface area contributed by atoms with Crippen molar-refractivity contribution in [2.45, 2.75) is 19.9 Å². The summed E-state index contributed by atoms with van der Waals surface area (Å²) >= 11 is 0. The second-order valence-electron chi connectivity index (χ2n) is 3.10. The molecule has 4 heteroatoms. The van der Waals surface area contributed by atoms with E-state index in [9.17, 15) is 0 Å². The number of imidazole rings is 1. The van der Waals surface area contributed by atoms with Gasteiger partial charge in [0.2, 0.25) is 0 Å². The van der Waals surface area contributed by atoms with Gasteiger partial charge in [0.05, 0.1) is 6.61 Å². The molecule has 2 heterocycles. The number of fused-ring (bicyclic) bond motifs is 1. The third-order valence-corrected chi connectivity index (χ3v) is 2.22. The molecule has 0 fully saturated rings. The van der Waals surface area contributed by atoms with Crippen LogP contribution in [0.15, 0.2) is 18.3 Å². The molecule has 0 aliphatic heterocycles. The van der Waals surface area contributed by atoms with Crippen LogP contribution < -0.4 is 0 Å². The van der Waals surface area contributed by atoms with Crippen molar-refractivity contribution in [3.63, 3.8) is 0 Å². The topological polar surface area (TPSA) is 50.9 Å². The maximum atomic E-state index is 8.94. The Kier molecular flexibility index (Phi) is 2.45. The van der Waals surface area contributed by atoms with Crippen LogP contribution in [0.25, 0.3) is 11.2 Å². The van der Waals surface area contributed by atoms with E-state index < -0.39 is 0 Å². The molecular formula is C10H13N3O. The van der Waals surface area contributed by atoms with Crippen molar-refractivity contribution in [1.29, 1.82) is 0 Å². The summed E-state index contributed by atoms with van der Waals surface area (Å²) in [5.74, 6) is 0.979. The fourth-order valence-corrected chi connectivity index (χ4v) is 1.61. The molecule has 2 aromatic heterocycles. The molecule has 0 unspecified atom stereocenters. The molecule has 14 heavy (non-hydrogen) atoms. The van der Waals surface area contributed by atoms with Gasteiger partial charge in [-0.3, -0.25) is 0 Å². The third-order valence-electron chi connectivity index (χ3n) is 2.22. The van der Waals surface area contributed by atoms with Gasteiger partial charge in [-0.2, -0.15) is 0 Å². The maximum absolute atomic E-state index is 8.94. The summed E-state index contributed by atoms with van der Waals surface area (Å²) in [5, 5.41) is 8.94. The fraction of sp³-hybridized carbons (Fsp3) is 0.400. The molecule has 0 saturated carbocycles. The van der Waals surface area contributed by atoms with Crippen LogP contribution in [-0.2, 0) is 13.0 Å². The first kappa shape index (κ1) is 9.15. The van der Waals surface area contributed by atoms with Crippen molar-refractivity contribution in [2.24, 2.45) is 0 Å². The van der Waals surface area contributed by atoms with E-state index >= 15 is 0 Å². The van der Waals surface area contributed by atoms with Gasteiger partial charge in [0.15, 0.2) is 5.65 Å². The van der Waals surface area contributed by atoms with E-state index in [4.69, 9.17) is 5.11 Å². The van der Waals surface area contributed by atoms with E-state index in [1.165, 1.54) is 0 Å². The summed E-state index contributed by atoms with van der Waals surface area (Å²) in [6.45, 7) is 2.74. The van der Waals surface area contributed by atoms with Crippen molar-refractivity contribution in [3.8, 4) is 0 Å². The predicted molar refractivity (Wildman–Crippen MR) is 54.0 cm³/mol. The van der Waals surface area contributed by atoms with Crippen LogP contribution in [0.4, 0.5) is 0 Å². The molecule has 4 nitrogen and oxygen atoms in total. The van der Waals surface area contributed by atoms with E-state index in [0.717, 1.165) is 23.4 Å². The molecule has 0 radical (unpaired) electrons. The van der Waals surface area contributed by atoms with Gasteiger partial charge in [-0.25, -0.2) is 9.97 Å². The number of rotatable bonds is 3. The summed E-state index contributed by atoms with van der Waals surface area (Å²) in [4.78, 5) is 8.70. The second-order valence-corrected chi connectivity index (χ2v) is 3.10. The number of hydrogen-bond donors (Lipinski definition) is 1. The zero-order valence-corrected chi connectivity index (χ0v) is 8.14. The zero-order valence-electron chi connectivity index (χ0n) is 8.14. The lowest BCUT2D eigenvalue weighted by atomic mass is 10.4. The number of hydrogen-bond acceptors (Lipinski definition) is 3. The molecule has 74 valence electrons. The minimum absolute atomic E-state index is 0.120. The molecule has 0 bridgehead atoms. The number of aryl methyl sites for hydroxylation is 1. The second kappa shape index (κ2) is 3.75. The Bertz CT molecular complexity index is 436. The molecule has 0 saturated heterocycles. The molecule has 0 spiro atoms. The molecular weight excluding hydrogens is 178 g/mol. The first-order valence-corrected chi connectivity index (χ1v) is 4.77. The van der Waals surface area contributed by atoms with Gasteiger partial charge in [0.1, 0.15) is 11.3 Å². The highest BCUT2D eigenvalue weighted by molar-refractivity contribution is 5.71. The third kappa shape index (κ3) is 1.37. The van der Waals surface area contributed by atoms with Crippen molar-refractivity contribution >= 4 is 11.2 Å². The maximum Gasteiger partial charge on any atom is 0.160 e. The lowest BCUT2D eigenvalue weighted by Crippen LogP contribution is -2.06. The molecule has 2 rings (SSSR count). The molecule has 0 aromatic carbocycles. The van der Waals surface area contributed by atoms with Gasteiger partial charge in [0.25, 0.3) is 0 Å². The van der Waals surface area contributed by atoms with Gasteiger partial charge in [0, 0.05) is 19.2 Å². The highest BCUT2D eigenvalue weighted by Crippen LogP contribution is 2.13. The molecule has 0 atom stereocenters. The van der Waals surface area contributed by atoms with Crippen LogP contribution in [0.2, 0.25) is 0 Å². The molecule has 2 aromatic rings. The van der Waals surface area contributed by atoms with Crippen LogP contribution in [0.3, 0.4) is 0 Å². The van der Waals surface area contributed by atoms with E-state index in [2.05, 4.69) is 16.9 Å². The number of pyridine rings is 1. The Morgan fingerprint density at radius 3 is 3.07 bits per heavy atom. The van der Waals surface area contributed by atoms with E-state index in [1.807, 2.05) is 16.7 Å². The zero-order chi connectivity index (χ0) is 9.97. The van der Waals surface area contributed by atoms with Gasteiger partial charge >= 0.3 is 0 Å². The summed E-state index contributed by atoms with van der Waals surface area (Å²) in [6.07, 6.45) is 2.60. The van der Waals surface area contributed by atoms with Gasteiger partial charge in [-0.1, -0.05) is 6.92 Å². The number of aliphatic hydroxyl groups is 1. The van der Waals surface area contributed by atoms with Crippen LogP contribution in [0.1, 0.15) is 12.7 Å². The van der Waals surface area contributed by atoms with Gasteiger partial charge in [-0.15, -0.1) is 0 Å². The van der Waals surface area contributed by atoms with Crippen LogP contribution in [-0.4, -0.2) is 26.2 Å². The smallest absolute Gasteiger partial charge is 0.160 e. The van der Waals surface area contributed by atoms with Crippen molar-refractivity contribution < 1.29 is 5.11 Å². The minimum atomic E-state index is 0.120. The Morgan fingerprint density at radius 2 is 2.36 bits per heavy atom. The number of aliphatic hydroxyl groups excluding tert-OH is 1. The van der Waals surface area contributed by atoms with Crippen molar-refractivity contribution in [1.82, 2.24) is 14.5 Å². The molecule has 1 N–H and O–H groups in total. The minimum Gasteiger partial charge on any atom is -0.395 e. The average molecular weight is 191 g/mol. The quantitative estimate of drug-likeness (QED) is 0.787. The Hall–Kier alpha value is -1.42. The van der Waals surface area contributed by atoms with Crippen LogP contribution in [0.5, 0.6) is 0 Å². The summed E-state index contributed by atoms with van der Waals surface area (Å²) < 4.78 is 1.97. The van der Waals surface area contributed by atoms with E-state index in [-0.39, 0.29) is 6.61 Å². The average Bonchev–Trinajstić information content (AvgIpc) is 2.58. The number of aromatic nitrogens is 3. The standard InChI is InChI=1S/C10H13N3O/c1-2-9-12-8-4-3-5-11-10(8)13(9)6-7-14/h3-5,14H,2,6-7H2,1H3. The normalized spacial score (nSPS) is 11.0. The Morgan fingerprint density at radius 1 is 1.50 bits per heavy atom. The van der Waals surface area contributed by atoms with E-state index in [0.29, 0.717) is 6.54 Å². The summed E-state index contributed by atoms with van der Waals surface area (Å²) in [6, 6.07) is 3.81. The highest BCUT2D eigenvalue weighted by atomic mass is 16.3. The Labute approximate surface area is 82.2 Å². The highest BCUT2D eigenvalue weighted by Gasteiger charge is 2.08. The fourth-order valence-electron chi connectivity index (χ4n) is 1.61. The van der Waals surface area contributed by atoms with Crippen molar-refractivity contribution in [2.75, 3.05) is 6.61 Å². The van der Waals surface area contributed by atoms with Gasteiger partial charge < -0.3 is 9.67 Å². The first-order chi connectivity index (χ1) is 6.86. The van der Waals surface area contributed by atoms with E-state index in [1.54, 1.807) is 6.20 Å². The SMILES string of the molecule is CCc1nc2cccnc2n1CCO. The lowest BCUT2D eigenvalue weighted by Gasteiger charge is -2.03. The lowest BCUT2D eigenvalue weighted by molar-refractivity contribution is 0.276. The Balaban J connectivity index is 2.61. The molecule has 0 aliphatic carbocycles. The van der Waals surface area contributed by atoms with Crippen LogP contribution in [0, 0.1) is 0 Å². The number of nitrogens with zero attached hydrogens (tertiary/aromatic N) is 3. The summed E-state index contributed by atoms with van der Waals surface area (Å²) in [7, 11) is 0. The van der Waals surface area contributed by atoms with Crippen LogP contribution >= 0.6 is 0 Å². The largest absolute Gasteiger partial charge is 0.395 e. The predicted octanol–water partition coefficient (Wildman–Crippen LogP) is 0.986. The van der Waals surface area contributed by atoms with Gasteiger partial charge in [-0.05, 0) is 12.1 Å². The van der Waals surface area contributed by atoms with Crippen molar-refractivity contribution in [3.05, 3.63) is 24.2 Å². The molecule has 0 aliphatic rings. The first-order valence-electron chi connectivity index (χ1n) is 4.77. The molecule has 0 amide bonds.